The first-order chi connectivity index (χ1) is 9.82. The fraction of sp³-hybridized carbons (Fsp3) is 0.600. The summed E-state index contributed by atoms with van der Waals surface area (Å²) in [5.74, 6) is 0.690. The second kappa shape index (κ2) is 8.15. The highest BCUT2D eigenvalue weighted by Crippen LogP contribution is 2.33. The summed E-state index contributed by atoms with van der Waals surface area (Å²) in [7, 11) is -3.53. The number of primary sulfonamides is 1. The highest BCUT2D eigenvalue weighted by atomic mass is 79.9. The van der Waals surface area contributed by atoms with E-state index < -0.39 is 15.4 Å². The highest BCUT2D eigenvalue weighted by Gasteiger charge is 2.34. The molecule has 6 heteroatoms. The summed E-state index contributed by atoms with van der Waals surface area (Å²) in [6.45, 7) is 4.45. The maximum atomic E-state index is 11.6. The molecule has 0 heterocycles. The van der Waals surface area contributed by atoms with Crippen LogP contribution in [0.4, 0.5) is 0 Å². The van der Waals surface area contributed by atoms with Gasteiger partial charge in [-0.15, -0.1) is 0 Å². The molecule has 0 amide bonds. The van der Waals surface area contributed by atoms with E-state index in [-0.39, 0.29) is 5.75 Å². The molecule has 0 aliphatic carbocycles. The number of hydrogen-bond donors (Lipinski definition) is 1. The van der Waals surface area contributed by atoms with E-state index in [1.807, 2.05) is 38.1 Å². The second-order valence-corrected chi connectivity index (χ2v) is 8.00. The van der Waals surface area contributed by atoms with E-state index in [1.165, 1.54) is 0 Å². The standard InChI is InChI=1S/C15H24BrNO3S/c1-3-9-15(10-4-2,12-21(17,18)19)11-20-14-8-6-5-7-13(14)16/h5-8H,3-4,9-12H2,1-2H3,(H2,17,18,19). The third-order valence-electron chi connectivity index (χ3n) is 3.44. The lowest BCUT2D eigenvalue weighted by atomic mass is 9.82. The molecule has 4 nitrogen and oxygen atoms in total. The molecule has 0 bridgehead atoms. The van der Waals surface area contributed by atoms with Crippen molar-refractivity contribution in [2.24, 2.45) is 10.6 Å². The molecule has 1 aromatic rings. The van der Waals surface area contributed by atoms with E-state index in [4.69, 9.17) is 9.88 Å². The van der Waals surface area contributed by atoms with Gasteiger partial charge in [0.25, 0.3) is 0 Å². The van der Waals surface area contributed by atoms with Gasteiger partial charge in [-0.2, -0.15) is 0 Å². The number of ether oxygens (including phenoxy) is 1. The number of halogens is 1. The average Bonchev–Trinajstić information content (AvgIpc) is 2.36. The zero-order valence-corrected chi connectivity index (χ0v) is 15.0. The van der Waals surface area contributed by atoms with Crippen LogP contribution in [0, 0.1) is 5.41 Å². The molecular weight excluding hydrogens is 354 g/mol. The first-order valence-electron chi connectivity index (χ1n) is 7.20. The minimum atomic E-state index is -3.53. The van der Waals surface area contributed by atoms with Crippen LogP contribution in [0.15, 0.2) is 28.7 Å². The van der Waals surface area contributed by atoms with Gasteiger partial charge in [0.2, 0.25) is 10.0 Å². The van der Waals surface area contributed by atoms with Crippen LogP contribution in [0.1, 0.15) is 39.5 Å². The van der Waals surface area contributed by atoms with Crippen LogP contribution in [-0.4, -0.2) is 20.8 Å². The fourth-order valence-electron chi connectivity index (χ4n) is 2.74. The van der Waals surface area contributed by atoms with Crippen LogP contribution in [0.3, 0.4) is 0 Å². The summed E-state index contributed by atoms with van der Waals surface area (Å²) in [5, 5.41) is 5.29. The highest BCUT2D eigenvalue weighted by molar-refractivity contribution is 9.10. The van der Waals surface area contributed by atoms with Gasteiger partial charge in [0.05, 0.1) is 16.8 Å². The van der Waals surface area contributed by atoms with Gasteiger partial charge < -0.3 is 4.74 Å². The molecule has 21 heavy (non-hydrogen) atoms. The van der Waals surface area contributed by atoms with Crippen molar-refractivity contribution in [2.75, 3.05) is 12.4 Å². The Morgan fingerprint density at radius 1 is 1.19 bits per heavy atom. The summed E-state index contributed by atoms with van der Waals surface area (Å²) >= 11 is 3.44. The summed E-state index contributed by atoms with van der Waals surface area (Å²) < 4.78 is 29.9. The Hall–Kier alpha value is -0.590. The third-order valence-corrected chi connectivity index (χ3v) is 5.11. The van der Waals surface area contributed by atoms with E-state index in [0.717, 1.165) is 35.9 Å². The summed E-state index contributed by atoms with van der Waals surface area (Å²) in [6, 6.07) is 7.56. The lowest BCUT2D eigenvalue weighted by Gasteiger charge is -2.32. The summed E-state index contributed by atoms with van der Waals surface area (Å²) in [5.41, 5.74) is -0.424. The maximum absolute atomic E-state index is 11.6. The molecule has 0 aliphatic heterocycles. The van der Waals surface area contributed by atoms with Gasteiger partial charge in [-0.25, -0.2) is 13.6 Å². The Balaban J connectivity index is 2.92. The third kappa shape index (κ3) is 6.36. The van der Waals surface area contributed by atoms with E-state index in [1.54, 1.807) is 0 Å². The molecule has 0 atom stereocenters. The smallest absolute Gasteiger partial charge is 0.209 e. The first kappa shape index (κ1) is 18.5. The van der Waals surface area contributed by atoms with Crippen LogP contribution in [-0.2, 0) is 10.0 Å². The summed E-state index contributed by atoms with van der Waals surface area (Å²) in [6.07, 6.45) is 3.35. The Kier molecular flexibility index (Phi) is 7.16. The van der Waals surface area contributed by atoms with Crippen LogP contribution in [0.25, 0.3) is 0 Å². The van der Waals surface area contributed by atoms with Crippen molar-refractivity contribution in [3.8, 4) is 5.75 Å². The van der Waals surface area contributed by atoms with Crippen molar-refractivity contribution < 1.29 is 13.2 Å². The topological polar surface area (TPSA) is 69.4 Å². The predicted octanol–water partition coefficient (Wildman–Crippen LogP) is 3.70. The van der Waals surface area contributed by atoms with E-state index in [2.05, 4.69) is 15.9 Å². The number of rotatable bonds is 9. The van der Waals surface area contributed by atoms with Gasteiger partial charge in [-0.3, -0.25) is 0 Å². The Morgan fingerprint density at radius 3 is 2.24 bits per heavy atom. The molecule has 0 radical (unpaired) electrons. The molecule has 0 saturated heterocycles. The van der Waals surface area contributed by atoms with Crippen molar-refractivity contribution >= 4 is 26.0 Å². The van der Waals surface area contributed by atoms with E-state index >= 15 is 0 Å². The van der Waals surface area contributed by atoms with Crippen molar-refractivity contribution in [3.63, 3.8) is 0 Å². The Bertz CT molecular complexity index is 540. The molecule has 0 aromatic heterocycles. The van der Waals surface area contributed by atoms with Crippen molar-refractivity contribution in [2.45, 2.75) is 39.5 Å². The van der Waals surface area contributed by atoms with Crippen molar-refractivity contribution in [1.29, 1.82) is 0 Å². The van der Waals surface area contributed by atoms with Gasteiger partial charge in [0.15, 0.2) is 0 Å². The van der Waals surface area contributed by atoms with Gasteiger partial charge in [0.1, 0.15) is 5.75 Å². The SMILES string of the molecule is CCCC(CCC)(COc1ccccc1Br)CS(N)(=O)=O. The molecule has 1 aromatic carbocycles. The Morgan fingerprint density at radius 2 is 1.76 bits per heavy atom. The first-order valence-corrected chi connectivity index (χ1v) is 9.70. The van der Waals surface area contributed by atoms with Crippen LogP contribution < -0.4 is 9.88 Å². The van der Waals surface area contributed by atoms with Crippen molar-refractivity contribution in [3.05, 3.63) is 28.7 Å². The Labute approximate surface area is 136 Å². The molecule has 1 rings (SSSR count). The van der Waals surface area contributed by atoms with Gasteiger partial charge in [-0.1, -0.05) is 38.8 Å². The molecule has 0 aliphatic rings. The van der Waals surface area contributed by atoms with E-state index in [9.17, 15) is 8.42 Å². The van der Waals surface area contributed by atoms with Crippen LogP contribution >= 0.6 is 15.9 Å². The lowest BCUT2D eigenvalue weighted by molar-refractivity contribution is 0.140. The molecule has 2 N–H and O–H groups in total. The predicted molar refractivity (Wildman–Crippen MR) is 89.9 cm³/mol. The van der Waals surface area contributed by atoms with Gasteiger partial charge in [0, 0.05) is 5.41 Å². The van der Waals surface area contributed by atoms with Crippen LogP contribution in [0.5, 0.6) is 5.75 Å². The van der Waals surface area contributed by atoms with Gasteiger partial charge >= 0.3 is 0 Å². The number of sulfonamides is 1. The summed E-state index contributed by atoms with van der Waals surface area (Å²) in [4.78, 5) is 0. The monoisotopic (exact) mass is 377 g/mol. The maximum Gasteiger partial charge on any atom is 0.209 e. The van der Waals surface area contributed by atoms with Crippen LogP contribution in [0.2, 0.25) is 0 Å². The zero-order chi connectivity index (χ0) is 15.9. The number of benzene rings is 1. The molecule has 120 valence electrons. The lowest BCUT2D eigenvalue weighted by Crippen LogP contribution is -2.38. The molecule has 0 fully saturated rings. The number of hydrogen-bond acceptors (Lipinski definition) is 3. The van der Waals surface area contributed by atoms with Crippen molar-refractivity contribution in [1.82, 2.24) is 0 Å². The molecule has 0 saturated carbocycles. The largest absolute Gasteiger partial charge is 0.492 e. The number of para-hydroxylation sites is 1. The van der Waals surface area contributed by atoms with E-state index in [0.29, 0.717) is 6.61 Å². The quantitative estimate of drug-likeness (QED) is 0.712. The van der Waals surface area contributed by atoms with Gasteiger partial charge in [-0.05, 0) is 40.9 Å². The average molecular weight is 378 g/mol. The normalized spacial score (nSPS) is 12.4. The fourth-order valence-corrected chi connectivity index (χ4v) is 4.36. The second-order valence-electron chi connectivity index (χ2n) is 5.53. The molecule has 0 spiro atoms. The zero-order valence-electron chi connectivity index (χ0n) is 12.6. The minimum Gasteiger partial charge on any atom is -0.492 e. The molecule has 0 unspecified atom stereocenters. The molecular formula is C15H24BrNO3S. The number of nitrogens with two attached hydrogens (primary N) is 1. The minimum absolute atomic E-state index is 0.0356.